The zero-order valence-electron chi connectivity index (χ0n) is 13.9. The highest BCUT2D eigenvalue weighted by Crippen LogP contribution is 2.29. The van der Waals surface area contributed by atoms with Crippen LogP contribution in [0.25, 0.3) is 21.8 Å². The molecule has 0 amide bonds. The van der Waals surface area contributed by atoms with Gasteiger partial charge in [-0.1, -0.05) is 0 Å². The molecule has 0 aliphatic rings. The van der Waals surface area contributed by atoms with Crippen LogP contribution in [0.4, 0.5) is 5.69 Å². The molecule has 128 valence electrons. The second kappa shape index (κ2) is 7.12. The number of ether oxygens (including phenoxy) is 2. The highest BCUT2D eigenvalue weighted by Gasteiger charge is 2.12. The molecular formula is C18H17N3O4. The molecule has 0 unspecified atom stereocenters. The molecule has 0 aliphatic carbocycles. The number of hydrogen-bond acceptors (Lipinski definition) is 6. The highest BCUT2D eigenvalue weighted by molar-refractivity contribution is 6.23. The fourth-order valence-electron chi connectivity index (χ4n) is 2.49. The summed E-state index contributed by atoms with van der Waals surface area (Å²) in [5.41, 5.74) is 2.54. The maximum absolute atomic E-state index is 11.9. The summed E-state index contributed by atoms with van der Waals surface area (Å²) < 4.78 is 9.81. The molecule has 0 aliphatic heterocycles. The molecule has 0 saturated heterocycles. The molecule has 2 heterocycles. The number of nitrogens with one attached hydrogen (secondary N) is 1. The van der Waals surface area contributed by atoms with Crippen molar-refractivity contribution in [1.82, 2.24) is 9.97 Å². The first-order valence-electron chi connectivity index (χ1n) is 7.91. The third-order valence-corrected chi connectivity index (χ3v) is 3.56. The number of aromatic nitrogens is 2. The van der Waals surface area contributed by atoms with Gasteiger partial charge < -0.3 is 14.5 Å². The van der Waals surface area contributed by atoms with Gasteiger partial charge in [-0.15, -0.1) is 0 Å². The predicted octanol–water partition coefficient (Wildman–Crippen LogP) is 3.16. The van der Waals surface area contributed by atoms with Gasteiger partial charge in [0.15, 0.2) is 0 Å². The summed E-state index contributed by atoms with van der Waals surface area (Å²) in [4.78, 5) is 34.8. The first kappa shape index (κ1) is 16.6. The number of carbonyl (C=O) groups is 2. The largest absolute Gasteiger partial charge is 0.462 e. The Labute approximate surface area is 143 Å². The van der Waals surface area contributed by atoms with Crippen molar-refractivity contribution >= 4 is 45.6 Å². The molecule has 1 N–H and O–H groups in total. The van der Waals surface area contributed by atoms with Gasteiger partial charge in [0.2, 0.25) is 0 Å². The smallest absolute Gasteiger partial charge is 0.356 e. The summed E-state index contributed by atoms with van der Waals surface area (Å²) in [5, 5.41) is 1.71. The van der Waals surface area contributed by atoms with Crippen LogP contribution in [0, 0.1) is 0 Å². The number of nitrogens with zero attached hydrogens (tertiary/aromatic N) is 2. The van der Waals surface area contributed by atoms with E-state index in [1.165, 1.54) is 0 Å². The molecule has 0 radical (unpaired) electrons. The van der Waals surface area contributed by atoms with Crippen molar-refractivity contribution in [3.05, 3.63) is 36.2 Å². The van der Waals surface area contributed by atoms with Gasteiger partial charge in [0, 0.05) is 16.3 Å². The van der Waals surface area contributed by atoms with Gasteiger partial charge in [-0.3, -0.25) is 0 Å². The lowest BCUT2D eigenvalue weighted by molar-refractivity contribution is -0.134. The Balaban J connectivity index is 2.02. The van der Waals surface area contributed by atoms with E-state index >= 15 is 0 Å². The number of fused-ring (bicyclic) bond motifs is 3. The van der Waals surface area contributed by atoms with Gasteiger partial charge >= 0.3 is 11.9 Å². The zero-order valence-corrected chi connectivity index (χ0v) is 13.9. The van der Waals surface area contributed by atoms with Gasteiger partial charge in [0.25, 0.3) is 0 Å². The molecule has 0 bridgehead atoms. The Bertz CT molecular complexity index is 975. The third-order valence-electron chi connectivity index (χ3n) is 3.56. The first-order chi connectivity index (χ1) is 12.1. The quantitative estimate of drug-likeness (QED) is 0.569. The molecule has 7 heteroatoms. The number of H-pyrrole nitrogens is 1. The van der Waals surface area contributed by atoms with E-state index in [0.717, 1.165) is 28.0 Å². The number of aromatic amines is 1. The monoisotopic (exact) mass is 339 g/mol. The van der Waals surface area contributed by atoms with Gasteiger partial charge in [0.05, 0.1) is 30.6 Å². The van der Waals surface area contributed by atoms with Gasteiger partial charge in [-0.2, -0.15) is 0 Å². The topological polar surface area (TPSA) is 93.6 Å². The van der Waals surface area contributed by atoms with Crippen LogP contribution in [0.15, 0.2) is 35.5 Å². The normalized spacial score (nSPS) is 11.3. The highest BCUT2D eigenvalue weighted by atomic mass is 16.5. The van der Waals surface area contributed by atoms with Crippen molar-refractivity contribution < 1.29 is 19.1 Å². The minimum absolute atomic E-state index is 0.246. The molecule has 0 atom stereocenters. The van der Waals surface area contributed by atoms with Crippen LogP contribution in [-0.4, -0.2) is 41.3 Å². The summed E-state index contributed by atoms with van der Waals surface area (Å²) in [5.74, 6) is -0.953. The van der Waals surface area contributed by atoms with Crippen molar-refractivity contribution in [3.63, 3.8) is 0 Å². The van der Waals surface area contributed by atoms with E-state index in [1.54, 1.807) is 32.2 Å². The van der Waals surface area contributed by atoms with E-state index in [0.29, 0.717) is 18.9 Å². The van der Waals surface area contributed by atoms with Crippen molar-refractivity contribution in [2.24, 2.45) is 4.99 Å². The Kier molecular flexibility index (Phi) is 4.74. The van der Waals surface area contributed by atoms with E-state index in [1.807, 2.05) is 12.1 Å². The van der Waals surface area contributed by atoms with Crippen molar-refractivity contribution in [1.29, 1.82) is 0 Å². The molecule has 0 fully saturated rings. The molecule has 7 nitrogen and oxygen atoms in total. The van der Waals surface area contributed by atoms with Crippen molar-refractivity contribution in [2.75, 3.05) is 13.2 Å². The summed E-state index contributed by atoms with van der Waals surface area (Å²) in [6.45, 7) is 4.07. The fraction of sp³-hybridized carbons (Fsp3) is 0.222. The lowest BCUT2D eigenvalue weighted by Crippen LogP contribution is -2.06. The summed E-state index contributed by atoms with van der Waals surface area (Å²) in [6, 6.07) is 7.16. The van der Waals surface area contributed by atoms with Gasteiger partial charge in [-0.05, 0) is 38.1 Å². The summed E-state index contributed by atoms with van der Waals surface area (Å²) in [7, 11) is 0. The number of carbonyl (C=O) groups excluding carboxylic acids is 2. The first-order valence-corrected chi connectivity index (χ1v) is 7.91. The Morgan fingerprint density at radius 3 is 2.64 bits per heavy atom. The van der Waals surface area contributed by atoms with E-state index in [2.05, 4.69) is 15.0 Å². The lowest BCUT2D eigenvalue weighted by atomic mass is 10.1. The Morgan fingerprint density at radius 2 is 1.88 bits per heavy atom. The van der Waals surface area contributed by atoms with Crippen LogP contribution in [0.5, 0.6) is 0 Å². The maximum atomic E-state index is 11.9. The van der Waals surface area contributed by atoms with Crippen LogP contribution in [0.2, 0.25) is 0 Å². The molecule has 0 spiro atoms. The van der Waals surface area contributed by atoms with Gasteiger partial charge in [-0.25, -0.2) is 19.6 Å². The molecular weight excluding hydrogens is 322 g/mol. The van der Waals surface area contributed by atoms with Crippen LogP contribution in [0.1, 0.15) is 24.3 Å². The molecule has 3 rings (SSSR count). The van der Waals surface area contributed by atoms with Crippen LogP contribution in [0.3, 0.4) is 0 Å². The summed E-state index contributed by atoms with van der Waals surface area (Å²) >= 11 is 0. The Morgan fingerprint density at radius 1 is 1.12 bits per heavy atom. The maximum Gasteiger partial charge on any atom is 0.356 e. The minimum atomic E-state index is -0.490. The SMILES string of the molecule is CCOC(=O)C=Nc1ccc2[nH]c3cnc(C(=O)OCC)cc3c2c1. The molecule has 1 aromatic carbocycles. The standard InChI is InChI=1S/C18H17N3O4/c1-3-24-17(22)10-19-11-5-6-14-12(7-11)13-8-15(18(23)25-4-2)20-9-16(13)21-14/h5-10,21H,3-4H2,1-2H3. The van der Waals surface area contributed by atoms with E-state index < -0.39 is 11.9 Å². The number of benzene rings is 1. The van der Waals surface area contributed by atoms with Crippen LogP contribution >= 0.6 is 0 Å². The number of rotatable bonds is 5. The average Bonchev–Trinajstić information content (AvgIpc) is 2.97. The zero-order chi connectivity index (χ0) is 17.8. The van der Waals surface area contributed by atoms with Crippen LogP contribution in [-0.2, 0) is 14.3 Å². The van der Waals surface area contributed by atoms with Gasteiger partial charge in [0.1, 0.15) is 11.9 Å². The molecule has 0 saturated carbocycles. The number of pyridine rings is 1. The number of hydrogen-bond donors (Lipinski definition) is 1. The minimum Gasteiger partial charge on any atom is -0.462 e. The van der Waals surface area contributed by atoms with E-state index in [9.17, 15) is 9.59 Å². The predicted molar refractivity (Wildman–Crippen MR) is 94.3 cm³/mol. The molecule has 25 heavy (non-hydrogen) atoms. The van der Waals surface area contributed by atoms with Crippen molar-refractivity contribution in [3.8, 4) is 0 Å². The third kappa shape index (κ3) is 3.50. The van der Waals surface area contributed by atoms with E-state index in [-0.39, 0.29) is 5.69 Å². The number of esters is 2. The Hall–Kier alpha value is -3.22. The molecule has 3 aromatic rings. The summed E-state index contributed by atoms with van der Waals surface area (Å²) in [6.07, 6.45) is 2.74. The lowest BCUT2D eigenvalue weighted by Gasteiger charge is -2.01. The number of aliphatic imine (C=N–C) groups is 1. The second-order valence-corrected chi connectivity index (χ2v) is 5.20. The molecule has 2 aromatic heterocycles. The fourth-order valence-corrected chi connectivity index (χ4v) is 2.49. The van der Waals surface area contributed by atoms with Crippen LogP contribution < -0.4 is 0 Å². The average molecular weight is 339 g/mol. The van der Waals surface area contributed by atoms with Crippen molar-refractivity contribution in [2.45, 2.75) is 13.8 Å². The van der Waals surface area contributed by atoms with E-state index in [4.69, 9.17) is 9.47 Å². The second-order valence-electron chi connectivity index (χ2n) is 5.20.